The molecular weight excluding hydrogens is 326 g/mol. The Kier molecular flexibility index (Phi) is 4.57. The van der Waals surface area contributed by atoms with Crippen LogP contribution in [0.4, 0.5) is 0 Å². The molecule has 0 aliphatic heterocycles. The van der Waals surface area contributed by atoms with Gasteiger partial charge >= 0.3 is 5.69 Å². The Morgan fingerprint density at radius 1 is 1.29 bits per heavy atom. The second-order valence-electron chi connectivity index (χ2n) is 5.30. The van der Waals surface area contributed by atoms with Crippen molar-refractivity contribution in [1.29, 1.82) is 0 Å². The van der Waals surface area contributed by atoms with Gasteiger partial charge in [-0.3, -0.25) is 0 Å². The number of aromatic nitrogens is 4. The van der Waals surface area contributed by atoms with E-state index in [9.17, 15) is 4.79 Å². The number of benzene rings is 1. The molecule has 0 atom stereocenters. The molecular formula is C16H17N5O2S. The summed E-state index contributed by atoms with van der Waals surface area (Å²) >= 11 is 1.61. The first-order valence-electron chi connectivity index (χ1n) is 7.36. The van der Waals surface area contributed by atoms with Gasteiger partial charge in [-0.2, -0.15) is 9.36 Å². The molecule has 0 N–H and O–H groups in total. The molecule has 2 aromatic heterocycles. The monoisotopic (exact) mass is 343 g/mol. The van der Waals surface area contributed by atoms with Crippen molar-refractivity contribution in [1.82, 2.24) is 19.8 Å². The van der Waals surface area contributed by atoms with Crippen LogP contribution in [-0.2, 0) is 18.5 Å². The molecule has 0 bridgehead atoms. The zero-order chi connectivity index (χ0) is 17.1. The summed E-state index contributed by atoms with van der Waals surface area (Å²) in [5.74, 6) is 0. The Labute approximate surface area is 142 Å². The maximum atomic E-state index is 12.1. The Morgan fingerprint density at radius 2 is 2.12 bits per heavy atom. The first kappa shape index (κ1) is 16.1. The molecule has 0 unspecified atom stereocenters. The SMILES string of the molecule is C/C(=N/OCc1c(C)cccc1-n1nnn(C)c1=O)c1cccs1. The van der Waals surface area contributed by atoms with Crippen molar-refractivity contribution >= 4 is 17.0 Å². The number of hydrogen-bond acceptors (Lipinski definition) is 6. The largest absolute Gasteiger partial charge is 0.391 e. The molecule has 1 aromatic carbocycles. The van der Waals surface area contributed by atoms with Crippen LogP contribution in [0, 0.1) is 6.92 Å². The lowest BCUT2D eigenvalue weighted by Gasteiger charge is -2.10. The van der Waals surface area contributed by atoms with Gasteiger partial charge in [0.2, 0.25) is 0 Å². The van der Waals surface area contributed by atoms with E-state index in [1.54, 1.807) is 18.4 Å². The number of nitrogens with zero attached hydrogens (tertiary/aromatic N) is 5. The third kappa shape index (κ3) is 3.13. The van der Waals surface area contributed by atoms with Crippen LogP contribution in [0.3, 0.4) is 0 Å². The lowest BCUT2D eigenvalue weighted by Crippen LogP contribution is -2.23. The van der Waals surface area contributed by atoms with Crippen LogP contribution < -0.4 is 5.69 Å². The number of hydrogen-bond donors (Lipinski definition) is 0. The van der Waals surface area contributed by atoms with Gasteiger partial charge in [-0.15, -0.1) is 11.3 Å². The lowest BCUT2D eigenvalue weighted by molar-refractivity contribution is 0.130. The third-order valence-electron chi connectivity index (χ3n) is 3.62. The summed E-state index contributed by atoms with van der Waals surface area (Å²) in [6.45, 7) is 4.10. The smallest absolute Gasteiger partial charge is 0.368 e. The van der Waals surface area contributed by atoms with Crippen molar-refractivity contribution in [2.45, 2.75) is 20.5 Å². The average molecular weight is 343 g/mol. The van der Waals surface area contributed by atoms with Gasteiger partial charge in [0.15, 0.2) is 0 Å². The van der Waals surface area contributed by atoms with Gasteiger partial charge in [0.05, 0.1) is 16.3 Å². The van der Waals surface area contributed by atoms with Crippen LogP contribution in [0.5, 0.6) is 0 Å². The van der Waals surface area contributed by atoms with Crippen LogP contribution in [0.25, 0.3) is 5.69 Å². The molecule has 0 aliphatic rings. The van der Waals surface area contributed by atoms with Gasteiger partial charge in [-0.1, -0.05) is 23.4 Å². The number of rotatable bonds is 5. The van der Waals surface area contributed by atoms with Crippen molar-refractivity contribution in [3.63, 3.8) is 0 Å². The Hall–Kier alpha value is -2.74. The van der Waals surface area contributed by atoms with Crippen LogP contribution >= 0.6 is 11.3 Å². The molecule has 24 heavy (non-hydrogen) atoms. The maximum absolute atomic E-state index is 12.1. The molecule has 0 fully saturated rings. The summed E-state index contributed by atoms with van der Waals surface area (Å²) in [4.78, 5) is 18.7. The van der Waals surface area contributed by atoms with Crippen molar-refractivity contribution in [2.24, 2.45) is 12.2 Å². The molecule has 3 aromatic rings. The molecule has 0 saturated heterocycles. The summed E-state index contributed by atoms with van der Waals surface area (Å²) in [6.07, 6.45) is 0. The summed E-state index contributed by atoms with van der Waals surface area (Å²) in [7, 11) is 1.56. The van der Waals surface area contributed by atoms with E-state index in [1.165, 1.54) is 9.36 Å². The Balaban J connectivity index is 1.87. The van der Waals surface area contributed by atoms with Gasteiger partial charge in [-0.05, 0) is 47.4 Å². The molecule has 0 saturated carbocycles. The van der Waals surface area contributed by atoms with E-state index in [2.05, 4.69) is 15.6 Å². The number of oxime groups is 1. The first-order valence-corrected chi connectivity index (χ1v) is 8.24. The van der Waals surface area contributed by atoms with Crippen molar-refractivity contribution in [3.05, 3.63) is 62.2 Å². The fourth-order valence-corrected chi connectivity index (χ4v) is 2.93. The van der Waals surface area contributed by atoms with E-state index in [4.69, 9.17) is 4.84 Å². The highest BCUT2D eigenvalue weighted by atomic mass is 32.1. The highest BCUT2D eigenvalue weighted by molar-refractivity contribution is 7.12. The average Bonchev–Trinajstić information content (AvgIpc) is 3.20. The van der Waals surface area contributed by atoms with E-state index in [0.717, 1.165) is 21.7 Å². The van der Waals surface area contributed by atoms with Crippen molar-refractivity contribution in [3.8, 4) is 5.69 Å². The third-order valence-corrected chi connectivity index (χ3v) is 4.60. The first-order chi connectivity index (χ1) is 11.6. The zero-order valence-corrected chi connectivity index (χ0v) is 14.4. The molecule has 3 rings (SSSR count). The second kappa shape index (κ2) is 6.79. The highest BCUT2D eigenvalue weighted by Crippen LogP contribution is 2.18. The minimum Gasteiger partial charge on any atom is -0.391 e. The standard InChI is InChI=1S/C16H17N5O2S/c1-11-6-4-7-14(21-16(22)20(3)18-19-21)13(11)10-23-17-12(2)15-8-5-9-24-15/h4-9H,10H2,1-3H3/b17-12-. The molecule has 8 heteroatoms. The Morgan fingerprint density at radius 3 is 2.79 bits per heavy atom. The predicted molar refractivity (Wildman–Crippen MR) is 92.7 cm³/mol. The lowest BCUT2D eigenvalue weighted by atomic mass is 10.1. The van der Waals surface area contributed by atoms with Gasteiger partial charge in [0.25, 0.3) is 0 Å². The fourth-order valence-electron chi connectivity index (χ4n) is 2.26. The summed E-state index contributed by atoms with van der Waals surface area (Å²) in [6, 6.07) is 9.61. The van der Waals surface area contributed by atoms with Crippen LogP contribution in [0.2, 0.25) is 0 Å². The summed E-state index contributed by atoms with van der Waals surface area (Å²) < 4.78 is 2.45. The zero-order valence-electron chi connectivity index (χ0n) is 13.6. The molecule has 2 heterocycles. The molecule has 7 nitrogen and oxygen atoms in total. The molecule has 0 spiro atoms. The van der Waals surface area contributed by atoms with Crippen LogP contribution in [0.15, 0.2) is 45.7 Å². The normalized spacial score (nSPS) is 11.7. The minimum absolute atomic E-state index is 0.244. The Bertz CT molecular complexity index is 924. The fraction of sp³-hybridized carbons (Fsp3) is 0.250. The van der Waals surface area contributed by atoms with E-state index >= 15 is 0 Å². The van der Waals surface area contributed by atoms with Gasteiger partial charge in [0, 0.05) is 12.6 Å². The quantitative estimate of drug-likeness (QED) is 0.526. The van der Waals surface area contributed by atoms with E-state index in [0.29, 0.717) is 5.69 Å². The van der Waals surface area contributed by atoms with E-state index in [-0.39, 0.29) is 12.3 Å². The molecule has 0 amide bonds. The van der Waals surface area contributed by atoms with E-state index < -0.39 is 0 Å². The summed E-state index contributed by atoms with van der Waals surface area (Å²) in [5, 5.41) is 13.8. The number of thiophene rings is 1. The van der Waals surface area contributed by atoms with Crippen LogP contribution in [0.1, 0.15) is 22.9 Å². The minimum atomic E-state index is -0.305. The molecule has 124 valence electrons. The van der Waals surface area contributed by atoms with E-state index in [1.807, 2.05) is 49.6 Å². The maximum Gasteiger partial charge on any atom is 0.368 e. The van der Waals surface area contributed by atoms with Crippen molar-refractivity contribution in [2.75, 3.05) is 0 Å². The van der Waals surface area contributed by atoms with Gasteiger partial charge in [-0.25, -0.2) is 4.79 Å². The highest BCUT2D eigenvalue weighted by Gasteiger charge is 2.13. The van der Waals surface area contributed by atoms with Gasteiger partial charge < -0.3 is 4.84 Å². The number of aryl methyl sites for hydroxylation is 2. The van der Waals surface area contributed by atoms with Crippen molar-refractivity contribution < 1.29 is 4.84 Å². The molecule has 0 aliphatic carbocycles. The van der Waals surface area contributed by atoms with Gasteiger partial charge in [0.1, 0.15) is 6.61 Å². The molecule has 0 radical (unpaired) electrons. The summed E-state index contributed by atoms with van der Waals surface area (Å²) in [5.41, 5.74) is 3.01. The topological polar surface area (TPSA) is 74.3 Å². The predicted octanol–water partition coefficient (Wildman–Crippen LogP) is 2.28. The van der Waals surface area contributed by atoms with Crippen LogP contribution in [-0.4, -0.2) is 25.5 Å². The number of tetrazole rings is 1. The second-order valence-corrected chi connectivity index (χ2v) is 6.24.